The summed E-state index contributed by atoms with van der Waals surface area (Å²) in [6.45, 7) is 7.17. The number of benzene rings is 1. The first-order valence-electron chi connectivity index (χ1n) is 14.9. The summed E-state index contributed by atoms with van der Waals surface area (Å²) in [5.74, 6) is 0.697. The lowest BCUT2D eigenvalue weighted by molar-refractivity contribution is -0.0123. The van der Waals surface area contributed by atoms with Gasteiger partial charge in [-0.25, -0.2) is 4.39 Å². The highest BCUT2D eigenvalue weighted by atomic mass is 32.1. The molecule has 43 heavy (non-hydrogen) atoms. The fourth-order valence-corrected chi connectivity index (χ4v) is 8.43. The van der Waals surface area contributed by atoms with E-state index in [9.17, 15) is 9.50 Å². The van der Waals surface area contributed by atoms with Crippen molar-refractivity contribution in [3.63, 3.8) is 0 Å². The molecule has 4 aromatic heterocycles. The summed E-state index contributed by atoms with van der Waals surface area (Å²) in [4.78, 5) is 19.9. The Morgan fingerprint density at radius 2 is 2.16 bits per heavy atom. The molecule has 7 heterocycles. The number of H-pyrrole nitrogens is 1. The van der Waals surface area contributed by atoms with Crippen molar-refractivity contribution in [1.82, 2.24) is 30.0 Å². The molecule has 8 rings (SSSR count). The molecule has 3 saturated heterocycles. The van der Waals surface area contributed by atoms with E-state index in [1.807, 2.05) is 18.5 Å². The normalized spacial score (nSPS) is 26.5. The van der Waals surface area contributed by atoms with Crippen LogP contribution in [0.5, 0.6) is 6.01 Å². The molecule has 0 amide bonds. The topological polar surface area (TPSA) is 113 Å². The van der Waals surface area contributed by atoms with Crippen molar-refractivity contribution in [2.24, 2.45) is 0 Å². The number of aromatic amines is 1. The number of aryl methyl sites for hydroxylation is 1. The zero-order valence-corrected chi connectivity index (χ0v) is 25.1. The van der Waals surface area contributed by atoms with Gasteiger partial charge in [-0.15, -0.1) is 11.3 Å². The maximum Gasteiger partial charge on any atom is 0.319 e. The van der Waals surface area contributed by atoms with Crippen molar-refractivity contribution in [2.45, 2.75) is 50.4 Å². The number of hydrogen-bond donors (Lipinski definition) is 2. The summed E-state index contributed by atoms with van der Waals surface area (Å²) in [7, 11) is 0. The average Bonchev–Trinajstić information content (AvgIpc) is 3.72. The molecule has 5 aromatic rings. The fraction of sp³-hybridized carbons (Fsp3) is 0.484. The number of pyridine rings is 1. The number of β-amino-alcohol motifs (C(OH)–C–C–N with tert-alkyl or cyclic N) is 1. The van der Waals surface area contributed by atoms with Crippen molar-refractivity contribution in [2.75, 3.05) is 50.9 Å². The molecule has 1 aromatic carbocycles. The molecule has 224 valence electrons. The van der Waals surface area contributed by atoms with Gasteiger partial charge in [0.05, 0.1) is 52.8 Å². The van der Waals surface area contributed by atoms with Crippen molar-refractivity contribution in [3.8, 4) is 17.3 Å². The second-order valence-corrected chi connectivity index (χ2v) is 13.6. The predicted molar refractivity (Wildman–Crippen MR) is 165 cm³/mol. The number of thiophene rings is 1. The van der Waals surface area contributed by atoms with Gasteiger partial charge < -0.3 is 19.5 Å². The van der Waals surface area contributed by atoms with Gasteiger partial charge in [0.1, 0.15) is 29.0 Å². The van der Waals surface area contributed by atoms with E-state index < -0.39 is 11.8 Å². The number of nitrogens with zero attached hydrogens (tertiary/aromatic N) is 6. The minimum atomic E-state index is -1.05. The quantitative estimate of drug-likeness (QED) is 0.297. The third kappa shape index (κ3) is 4.62. The SMILES string of the molecule is Cc1cc(-c2nccc3c2sc2nc(OC[C@@]45CCCN4C[C@H](F)C5)nc(N4CCOC[C@@](C)(O)C4)c23)c2cn[nH]c2c1. The zero-order valence-electron chi connectivity index (χ0n) is 24.3. The van der Waals surface area contributed by atoms with Gasteiger partial charge in [0.15, 0.2) is 0 Å². The van der Waals surface area contributed by atoms with Crippen molar-refractivity contribution in [1.29, 1.82) is 0 Å². The Hall–Kier alpha value is -3.45. The smallest absolute Gasteiger partial charge is 0.319 e. The summed E-state index contributed by atoms with van der Waals surface area (Å²) in [5.41, 5.74) is 2.57. The van der Waals surface area contributed by atoms with Gasteiger partial charge in [-0.1, -0.05) is 0 Å². The molecule has 0 bridgehead atoms. The minimum absolute atomic E-state index is 0.246. The largest absolute Gasteiger partial charge is 0.461 e. The number of aliphatic hydroxyl groups is 1. The van der Waals surface area contributed by atoms with Gasteiger partial charge in [0, 0.05) is 42.0 Å². The van der Waals surface area contributed by atoms with E-state index in [-0.39, 0.29) is 18.2 Å². The minimum Gasteiger partial charge on any atom is -0.461 e. The molecule has 12 heteroatoms. The summed E-state index contributed by atoms with van der Waals surface area (Å²) >= 11 is 1.56. The van der Waals surface area contributed by atoms with E-state index in [0.717, 1.165) is 67.4 Å². The lowest BCUT2D eigenvalue weighted by atomic mass is 9.95. The van der Waals surface area contributed by atoms with Gasteiger partial charge in [0.2, 0.25) is 0 Å². The van der Waals surface area contributed by atoms with Crippen LogP contribution in [0.15, 0.2) is 30.6 Å². The second-order valence-electron chi connectivity index (χ2n) is 12.6. The predicted octanol–water partition coefficient (Wildman–Crippen LogP) is 4.63. The third-order valence-corrected chi connectivity index (χ3v) is 10.3. The van der Waals surface area contributed by atoms with Crippen LogP contribution < -0.4 is 9.64 Å². The third-order valence-electron chi connectivity index (χ3n) is 9.15. The van der Waals surface area contributed by atoms with E-state index in [1.54, 1.807) is 18.3 Å². The van der Waals surface area contributed by atoms with Crippen molar-refractivity contribution in [3.05, 3.63) is 36.2 Å². The number of aromatic nitrogens is 5. The summed E-state index contributed by atoms with van der Waals surface area (Å²) in [5, 5.41) is 21.3. The van der Waals surface area contributed by atoms with Crippen LogP contribution in [0.2, 0.25) is 0 Å². The number of fused-ring (bicyclic) bond motifs is 5. The summed E-state index contributed by atoms with van der Waals surface area (Å²) in [6, 6.07) is 6.50. The van der Waals surface area contributed by atoms with Crippen LogP contribution in [0.4, 0.5) is 10.2 Å². The van der Waals surface area contributed by atoms with Crippen LogP contribution in [-0.2, 0) is 4.74 Å². The van der Waals surface area contributed by atoms with E-state index in [1.165, 1.54) is 0 Å². The molecule has 0 saturated carbocycles. The highest BCUT2D eigenvalue weighted by Crippen LogP contribution is 2.45. The van der Waals surface area contributed by atoms with Crippen LogP contribution in [0.1, 0.15) is 31.7 Å². The molecule has 3 fully saturated rings. The highest BCUT2D eigenvalue weighted by Gasteiger charge is 2.49. The summed E-state index contributed by atoms with van der Waals surface area (Å²) < 4.78 is 27.6. The lowest BCUT2D eigenvalue weighted by Gasteiger charge is -2.31. The Kier molecular flexibility index (Phi) is 6.34. The zero-order chi connectivity index (χ0) is 29.3. The van der Waals surface area contributed by atoms with Crippen LogP contribution in [0.25, 0.3) is 42.5 Å². The molecule has 3 aliphatic rings. The van der Waals surface area contributed by atoms with Crippen LogP contribution in [-0.4, -0.2) is 98.5 Å². The van der Waals surface area contributed by atoms with E-state index in [0.29, 0.717) is 45.1 Å². The molecule has 0 spiro atoms. The standard InChI is InChI=1S/C31H34FN7O3S/c1-18-10-21(22-13-34-37-23(22)11-18)25-26-20(4-6-33-25)24-27(38-8-9-41-16-30(2,40)15-38)35-29(36-28(24)43-26)42-17-31-5-3-7-39(31)14-19(32)12-31/h4,6,10-11,13,19,40H,3,5,7-9,12,14-17H2,1-2H3,(H,34,37)/t19-,30+,31+/m1/s1. The first-order chi connectivity index (χ1) is 20.8. The maximum absolute atomic E-state index is 14.5. The first-order valence-corrected chi connectivity index (χ1v) is 15.7. The van der Waals surface area contributed by atoms with Gasteiger partial charge in [-0.2, -0.15) is 15.1 Å². The first kappa shape index (κ1) is 27.1. The molecule has 0 aliphatic carbocycles. The molecule has 3 atom stereocenters. The molecule has 2 N–H and O–H groups in total. The van der Waals surface area contributed by atoms with Gasteiger partial charge in [0.25, 0.3) is 0 Å². The molecule has 0 radical (unpaired) electrons. The number of anilines is 1. The van der Waals surface area contributed by atoms with E-state index in [2.05, 4.69) is 39.1 Å². The van der Waals surface area contributed by atoms with Crippen LogP contribution in [0.3, 0.4) is 0 Å². The van der Waals surface area contributed by atoms with Crippen LogP contribution in [0, 0.1) is 6.92 Å². The number of halogens is 1. The Bertz CT molecular complexity index is 1860. The fourth-order valence-electron chi connectivity index (χ4n) is 7.27. The van der Waals surface area contributed by atoms with Gasteiger partial charge in [-0.05, 0) is 57.0 Å². The Labute approximate surface area is 251 Å². The number of rotatable bonds is 5. The van der Waals surface area contributed by atoms with Crippen LogP contribution >= 0.6 is 11.3 Å². The average molecular weight is 604 g/mol. The number of hydrogen-bond acceptors (Lipinski definition) is 10. The van der Waals surface area contributed by atoms with E-state index in [4.69, 9.17) is 24.4 Å². The Morgan fingerprint density at radius 3 is 3.07 bits per heavy atom. The van der Waals surface area contributed by atoms with E-state index >= 15 is 0 Å². The number of alkyl halides is 1. The maximum atomic E-state index is 14.5. The molecule has 10 nitrogen and oxygen atoms in total. The monoisotopic (exact) mass is 603 g/mol. The number of ether oxygens (including phenoxy) is 2. The Balaban J connectivity index is 1.28. The molecule has 3 aliphatic heterocycles. The van der Waals surface area contributed by atoms with Crippen molar-refractivity contribution < 1.29 is 19.0 Å². The molecular weight excluding hydrogens is 569 g/mol. The molecule has 0 unspecified atom stereocenters. The second kappa shape index (κ2) is 10.0. The van der Waals surface area contributed by atoms with Gasteiger partial charge in [-0.3, -0.25) is 15.0 Å². The lowest BCUT2D eigenvalue weighted by Crippen LogP contribution is -2.43. The summed E-state index contributed by atoms with van der Waals surface area (Å²) in [6.07, 6.45) is 5.26. The number of nitrogens with one attached hydrogen (secondary N) is 1. The van der Waals surface area contributed by atoms with Crippen molar-refractivity contribution >= 4 is 48.4 Å². The molecular formula is C31H34FN7O3S. The van der Waals surface area contributed by atoms with Gasteiger partial charge >= 0.3 is 6.01 Å². The highest BCUT2D eigenvalue weighted by molar-refractivity contribution is 7.26. The Morgan fingerprint density at radius 1 is 1.26 bits per heavy atom.